The van der Waals surface area contributed by atoms with Crippen molar-refractivity contribution >= 4 is 6.09 Å². The Morgan fingerprint density at radius 2 is 1.95 bits per heavy atom. The fourth-order valence-electron chi connectivity index (χ4n) is 3.08. The zero-order valence-corrected chi connectivity index (χ0v) is 14.4. The van der Waals surface area contributed by atoms with Crippen LogP contribution in [0.25, 0.3) is 0 Å². The summed E-state index contributed by atoms with van der Waals surface area (Å²) in [5, 5.41) is 0. The first-order chi connectivity index (χ1) is 10.3. The molecule has 1 aromatic carbocycles. The van der Waals surface area contributed by atoms with Crippen LogP contribution in [0.15, 0.2) is 30.3 Å². The quantitative estimate of drug-likeness (QED) is 0.856. The van der Waals surface area contributed by atoms with Crippen LogP contribution in [0.3, 0.4) is 0 Å². The van der Waals surface area contributed by atoms with E-state index in [1.165, 1.54) is 5.56 Å². The lowest BCUT2D eigenvalue weighted by atomic mass is 10.1. The van der Waals surface area contributed by atoms with E-state index < -0.39 is 5.60 Å². The molecule has 1 aliphatic rings. The maximum atomic E-state index is 12.3. The minimum atomic E-state index is -0.440. The number of amides is 1. The molecule has 0 bridgehead atoms. The number of rotatable bonds is 3. The number of carbonyl (C=O) groups excluding carboxylic acids is 1. The second-order valence-corrected chi connectivity index (χ2v) is 7.17. The summed E-state index contributed by atoms with van der Waals surface area (Å²) >= 11 is 0. The molecule has 0 N–H and O–H groups in total. The molecule has 22 heavy (non-hydrogen) atoms. The number of ether oxygens (including phenoxy) is 1. The summed E-state index contributed by atoms with van der Waals surface area (Å²) in [4.78, 5) is 16.5. The van der Waals surface area contributed by atoms with Gasteiger partial charge in [-0.15, -0.1) is 0 Å². The van der Waals surface area contributed by atoms with E-state index in [9.17, 15) is 4.79 Å². The highest BCUT2D eigenvalue weighted by atomic mass is 16.6. The van der Waals surface area contributed by atoms with Crippen LogP contribution in [0.5, 0.6) is 0 Å². The van der Waals surface area contributed by atoms with Crippen molar-refractivity contribution in [1.82, 2.24) is 9.80 Å². The Bertz CT molecular complexity index is 496. The van der Waals surface area contributed by atoms with Gasteiger partial charge in [0.2, 0.25) is 0 Å². The van der Waals surface area contributed by atoms with Crippen molar-refractivity contribution in [3.8, 4) is 0 Å². The number of hydrogen-bond acceptors (Lipinski definition) is 3. The van der Waals surface area contributed by atoms with Gasteiger partial charge < -0.3 is 9.64 Å². The first-order valence-electron chi connectivity index (χ1n) is 8.02. The Morgan fingerprint density at radius 3 is 2.55 bits per heavy atom. The Hall–Kier alpha value is -1.55. The highest BCUT2D eigenvalue weighted by Gasteiger charge is 2.37. The summed E-state index contributed by atoms with van der Waals surface area (Å²) in [6.07, 6.45) is 0.791. The molecule has 4 heteroatoms. The first-order valence-corrected chi connectivity index (χ1v) is 8.02. The molecule has 0 aliphatic carbocycles. The number of nitrogens with zero attached hydrogens (tertiary/aromatic N) is 2. The van der Waals surface area contributed by atoms with Gasteiger partial charge in [-0.25, -0.2) is 4.79 Å². The highest BCUT2D eigenvalue weighted by molar-refractivity contribution is 5.69. The molecule has 0 radical (unpaired) electrons. The highest BCUT2D eigenvalue weighted by Crippen LogP contribution is 2.25. The average molecular weight is 304 g/mol. The fraction of sp³-hybridized carbons (Fsp3) is 0.611. The van der Waals surface area contributed by atoms with E-state index >= 15 is 0 Å². The summed E-state index contributed by atoms with van der Waals surface area (Å²) in [7, 11) is 2.13. The third-order valence-corrected chi connectivity index (χ3v) is 4.18. The molecule has 1 fully saturated rings. The van der Waals surface area contributed by atoms with E-state index in [0.29, 0.717) is 6.04 Å². The van der Waals surface area contributed by atoms with Crippen LogP contribution in [-0.2, 0) is 11.3 Å². The molecule has 0 saturated carbocycles. The summed E-state index contributed by atoms with van der Waals surface area (Å²) in [6, 6.07) is 11.0. The van der Waals surface area contributed by atoms with Crippen LogP contribution in [0, 0.1) is 0 Å². The van der Waals surface area contributed by atoms with Gasteiger partial charge in [-0.2, -0.15) is 0 Å². The van der Waals surface area contributed by atoms with E-state index in [1.54, 1.807) is 0 Å². The zero-order valence-electron chi connectivity index (χ0n) is 14.4. The van der Waals surface area contributed by atoms with Crippen LogP contribution < -0.4 is 0 Å². The number of likely N-dealkylation sites (tertiary alicyclic amines) is 1. The lowest BCUT2D eigenvalue weighted by Gasteiger charge is -2.32. The van der Waals surface area contributed by atoms with Gasteiger partial charge in [0.15, 0.2) is 0 Å². The normalized spacial score (nSPS) is 22.2. The van der Waals surface area contributed by atoms with Crippen molar-refractivity contribution in [3.05, 3.63) is 35.9 Å². The Balaban J connectivity index is 1.95. The Morgan fingerprint density at radius 1 is 1.32 bits per heavy atom. The van der Waals surface area contributed by atoms with Crippen molar-refractivity contribution in [2.75, 3.05) is 13.6 Å². The molecule has 2 atom stereocenters. The average Bonchev–Trinajstić information content (AvgIpc) is 2.80. The minimum Gasteiger partial charge on any atom is -0.444 e. The van der Waals surface area contributed by atoms with Crippen molar-refractivity contribution in [2.45, 2.75) is 58.3 Å². The molecule has 0 spiro atoms. The molecule has 2 rings (SSSR count). The van der Waals surface area contributed by atoms with Gasteiger partial charge in [-0.1, -0.05) is 30.3 Å². The molecule has 4 nitrogen and oxygen atoms in total. The van der Waals surface area contributed by atoms with Gasteiger partial charge in [-0.3, -0.25) is 4.90 Å². The monoisotopic (exact) mass is 304 g/mol. The van der Waals surface area contributed by atoms with Crippen molar-refractivity contribution in [3.63, 3.8) is 0 Å². The van der Waals surface area contributed by atoms with Crippen LogP contribution in [-0.4, -0.2) is 47.2 Å². The standard InChI is InChI=1S/C18H28N2O2/c1-14-16(19(5)13-15-9-7-6-8-10-15)11-12-20(14)17(21)22-18(2,3)4/h6-10,14,16H,11-13H2,1-5H3/t14-,16-/m1/s1. The Kier molecular flexibility index (Phi) is 5.12. The maximum absolute atomic E-state index is 12.3. The van der Waals surface area contributed by atoms with Crippen LogP contribution in [0.1, 0.15) is 39.7 Å². The summed E-state index contributed by atoms with van der Waals surface area (Å²) in [5.74, 6) is 0. The third-order valence-electron chi connectivity index (χ3n) is 4.18. The van der Waals surface area contributed by atoms with Gasteiger partial charge in [0.1, 0.15) is 5.60 Å². The second-order valence-electron chi connectivity index (χ2n) is 7.17. The van der Waals surface area contributed by atoms with Crippen LogP contribution in [0.2, 0.25) is 0 Å². The molecule has 122 valence electrons. The predicted octanol–water partition coefficient (Wildman–Crippen LogP) is 3.52. The van der Waals surface area contributed by atoms with Gasteiger partial charge in [-0.05, 0) is 46.7 Å². The SMILES string of the molecule is C[C@@H]1[C@H](N(C)Cc2ccccc2)CCN1C(=O)OC(C)(C)C. The van der Waals surface area contributed by atoms with E-state index in [0.717, 1.165) is 19.5 Å². The number of benzene rings is 1. The summed E-state index contributed by atoms with van der Waals surface area (Å²) < 4.78 is 5.51. The van der Waals surface area contributed by atoms with Gasteiger partial charge in [0.05, 0.1) is 0 Å². The maximum Gasteiger partial charge on any atom is 0.410 e. The smallest absolute Gasteiger partial charge is 0.410 e. The van der Waals surface area contributed by atoms with E-state index in [2.05, 4.69) is 43.1 Å². The largest absolute Gasteiger partial charge is 0.444 e. The Labute approximate surface area is 134 Å². The van der Waals surface area contributed by atoms with Crippen molar-refractivity contribution in [2.24, 2.45) is 0 Å². The molecule has 0 aromatic heterocycles. The zero-order chi connectivity index (χ0) is 16.3. The number of carbonyl (C=O) groups is 1. The molecule has 1 aromatic rings. The first kappa shape index (κ1) is 16.8. The lowest BCUT2D eigenvalue weighted by Crippen LogP contribution is -2.45. The molecular weight excluding hydrogens is 276 g/mol. The van der Waals surface area contributed by atoms with Crippen molar-refractivity contribution in [1.29, 1.82) is 0 Å². The second kappa shape index (κ2) is 6.69. The fourth-order valence-corrected chi connectivity index (χ4v) is 3.08. The molecular formula is C18H28N2O2. The van der Waals surface area contributed by atoms with Crippen LogP contribution in [0.4, 0.5) is 4.79 Å². The van der Waals surface area contributed by atoms with E-state index in [-0.39, 0.29) is 12.1 Å². The van der Waals surface area contributed by atoms with Gasteiger partial charge in [0, 0.05) is 25.2 Å². The topological polar surface area (TPSA) is 32.8 Å². The molecule has 1 saturated heterocycles. The van der Waals surface area contributed by atoms with E-state index in [4.69, 9.17) is 4.74 Å². The molecule has 0 unspecified atom stereocenters. The summed E-state index contributed by atoms with van der Waals surface area (Å²) in [6.45, 7) is 9.50. The van der Waals surface area contributed by atoms with Gasteiger partial charge in [0.25, 0.3) is 0 Å². The van der Waals surface area contributed by atoms with E-state index in [1.807, 2.05) is 31.7 Å². The minimum absolute atomic E-state index is 0.170. The number of likely N-dealkylation sites (N-methyl/N-ethyl adjacent to an activating group) is 1. The van der Waals surface area contributed by atoms with Crippen LogP contribution >= 0.6 is 0 Å². The molecule has 1 amide bonds. The van der Waals surface area contributed by atoms with Gasteiger partial charge >= 0.3 is 6.09 Å². The summed E-state index contributed by atoms with van der Waals surface area (Å²) in [5.41, 5.74) is 0.859. The number of hydrogen-bond donors (Lipinski definition) is 0. The van der Waals surface area contributed by atoms with Crippen molar-refractivity contribution < 1.29 is 9.53 Å². The third kappa shape index (κ3) is 4.23. The lowest BCUT2D eigenvalue weighted by molar-refractivity contribution is 0.0207. The molecule has 1 aliphatic heterocycles. The molecule has 1 heterocycles. The predicted molar refractivity (Wildman–Crippen MR) is 88.7 cm³/mol.